The van der Waals surface area contributed by atoms with Crippen LogP contribution in [0.15, 0.2) is 66.7 Å². The van der Waals surface area contributed by atoms with Crippen LogP contribution in [0.5, 0.6) is 0 Å². The Hall–Kier alpha value is -2.88. The van der Waals surface area contributed by atoms with Crippen molar-refractivity contribution in [2.24, 2.45) is 0 Å². The van der Waals surface area contributed by atoms with Crippen molar-refractivity contribution in [1.29, 1.82) is 0 Å². The van der Waals surface area contributed by atoms with Gasteiger partial charge in [0.05, 0.1) is 0 Å². The van der Waals surface area contributed by atoms with Gasteiger partial charge in [-0.25, -0.2) is 0 Å². The van der Waals surface area contributed by atoms with Crippen molar-refractivity contribution in [1.82, 2.24) is 5.32 Å². The van der Waals surface area contributed by atoms with E-state index in [-0.39, 0.29) is 11.8 Å². The molecular formula is C18H14N2O2. The maximum absolute atomic E-state index is 12.7. The summed E-state index contributed by atoms with van der Waals surface area (Å²) in [5.41, 5.74) is 1.84. The first-order valence-electron chi connectivity index (χ1n) is 7.13. The zero-order chi connectivity index (χ0) is 15.3. The van der Waals surface area contributed by atoms with Gasteiger partial charge >= 0.3 is 0 Å². The lowest BCUT2D eigenvalue weighted by molar-refractivity contribution is -0.114. The Bertz CT molecular complexity index is 813. The SMILES string of the molecule is C=C1C[C@@]2(NC(=O)c3ccccc32)N(c2ccccc2)C1=O. The van der Waals surface area contributed by atoms with E-state index in [2.05, 4.69) is 11.9 Å². The maximum Gasteiger partial charge on any atom is 0.255 e. The fourth-order valence-corrected chi connectivity index (χ4v) is 3.39. The monoisotopic (exact) mass is 290 g/mol. The molecule has 2 aromatic carbocycles. The number of rotatable bonds is 1. The van der Waals surface area contributed by atoms with Crippen LogP contribution in [0.4, 0.5) is 5.69 Å². The molecule has 0 unspecified atom stereocenters. The second-order valence-electron chi connectivity index (χ2n) is 5.62. The molecule has 2 aliphatic rings. The van der Waals surface area contributed by atoms with Crippen LogP contribution < -0.4 is 10.2 Å². The van der Waals surface area contributed by atoms with Crippen molar-refractivity contribution in [3.63, 3.8) is 0 Å². The summed E-state index contributed by atoms with van der Waals surface area (Å²) in [6.45, 7) is 3.89. The predicted molar refractivity (Wildman–Crippen MR) is 83.3 cm³/mol. The highest BCUT2D eigenvalue weighted by atomic mass is 16.2. The molecular weight excluding hydrogens is 276 g/mol. The fraction of sp³-hybridized carbons (Fsp3) is 0.111. The van der Waals surface area contributed by atoms with Gasteiger partial charge in [0.15, 0.2) is 5.66 Å². The summed E-state index contributed by atoms with van der Waals surface area (Å²) >= 11 is 0. The van der Waals surface area contributed by atoms with Crippen LogP contribution in [0.2, 0.25) is 0 Å². The Morgan fingerprint density at radius 1 is 1.00 bits per heavy atom. The molecule has 2 aromatic rings. The normalized spacial score (nSPS) is 23.1. The summed E-state index contributed by atoms with van der Waals surface area (Å²) in [6.07, 6.45) is 0.392. The summed E-state index contributed by atoms with van der Waals surface area (Å²) < 4.78 is 0. The minimum Gasteiger partial charge on any atom is -0.325 e. The van der Waals surface area contributed by atoms with Gasteiger partial charge in [-0.15, -0.1) is 0 Å². The zero-order valence-electron chi connectivity index (χ0n) is 11.9. The molecule has 0 aliphatic carbocycles. The Kier molecular flexibility index (Phi) is 2.51. The Morgan fingerprint density at radius 3 is 2.45 bits per heavy atom. The highest BCUT2D eigenvalue weighted by Gasteiger charge is 2.55. The average Bonchev–Trinajstić information content (AvgIpc) is 2.95. The number of hydrogen-bond donors (Lipinski definition) is 1. The number of benzene rings is 2. The number of nitrogens with one attached hydrogen (secondary N) is 1. The van der Waals surface area contributed by atoms with Gasteiger partial charge in [-0.05, 0) is 18.2 Å². The molecule has 4 heteroatoms. The highest BCUT2D eigenvalue weighted by molar-refractivity contribution is 6.12. The smallest absolute Gasteiger partial charge is 0.255 e. The number of para-hydroxylation sites is 1. The largest absolute Gasteiger partial charge is 0.325 e. The van der Waals surface area contributed by atoms with Crippen LogP contribution in [0, 0.1) is 0 Å². The molecule has 1 fully saturated rings. The van der Waals surface area contributed by atoms with Crippen molar-refractivity contribution < 1.29 is 9.59 Å². The van der Waals surface area contributed by atoms with Crippen molar-refractivity contribution in [3.05, 3.63) is 77.9 Å². The van der Waals surface area contributed by atoms with E-state index in [1.807, 2.05) is 48.5 Å². The third-order valence-corrected chi connectivity index (χ3v) is 4.31. The number of fused-ring (bicyclic) bond motifs is 2. The van der Waals surface area contributed by atoms with Crippen LogP contribution in [0.1, 0.15) is 22.3 Å². The molecule has 0 saturated carbocycles. The minimum atomic E-state index is -0.858. The number of carbonyl (C=O) groups is 2. The lowest BCUT2D eigenvalue weighted by Gasteiger charge is -2.35. The van der Waals surface area contributed by atoms with Gasteiger partial charge in [0, 0.05) is 28.8 Å². The molecule has 1 N–H and O–H groups in total. The lowest BCUT2D eigenvalue weighted by atomic mass is 9.95. The van der Waals surface area contributed by atoms with Gasteiger partial charge in [0.2, 0.25) is 0 Å². The zero-order valence-corrected chi connectivity index (χ0v) is 11.9. The van der Waals surface area contributed by atoms with E-state index >= 15 is 0 Å². The van der Waals surface area contributed by atoms with Gasteiger partial charge < -0.3 is 5.32 Å². The first-order valence-corrected chi connectivity index (χ1v) is 7.13. The van der Waals surface area contributed by atoms with E-state index in [9.17, 15) is 9.59 Å². The van der Waals surface area contributed by atoms with Crippen LogP contribution in [-0.2, 0) is 10.5 Å². The van der Waals surface area contributed by atoms with Crippen LogP contribution in [0.3, 0.4) is 0 Å². The fourth-order valence-electron chi connectivity index (χ4n) is 3.39. The molecule has 4 nitrogen and oxygen atoms in total. The summed E-state index contributed by atoms with van der Waals surface area (Å²) in [5, 5.41) is 3.01. The average molecular weight is 290 g/mol. The van der Waals surface area contributed by atoms with Gasteiger partial charge in [-0.3, -0.25) is 14.5 Å². The summed E-state index contributed by atoms with van der Waals surface area (Å²) in [4.78, 5) is 26.6. The summed E-state index contributed by atoms with van der Waals surface area (Å²) in [7, 11) is 0. The minimum absolute atomic E-state index is 0.150. The van der Waals surface area contributed by atoms with Crippen molar-refractivity contribution in [2.45, 2.75) is 12.1 Å². The van der Waals surface area contributed by atoms with Crippen molar-refractivity contribution in [2.75, 3.05) is 4.90 Å². The maximum atomic E-state index is 12.7. The first kappa shape index (κ1) is 12.8. The lowest BCUT2D eigenvalue weighted by Crippen LogP contribution is -2.51. The molecule has 0 aromatic heterocycles. The van der Waals surface area contributed by atoms with E-state index in [0.717, 1.165) is 11.3 Å². The predicted octanol–water partition coefficient (Wildman–Crippen LogP) is 2.58. The van der Waals surface area contributed by atoms with Crippen LogP contribution >= 0.6 is 0 Å². The van der Waals surface area contributed by atoms with Crippen molar-refractivity contribution >= 4 is 17.5 Å². The quantitative estimate of drug-likeness (QED) is 0.821. The van der Waals surface area contributed by atoms with E-state index in [0.29, 0.717) is 17.6 Å². The highest BCUT2D eigenvalue weighted by Crippen LogP contribution is 2.46. The molecule has 2 heterocycles. The van der Waals surface area contributed by atoms with E-state index in [1.165, 1.54) is 0 Å². The van der Waals surface area contributed by atoms with E-state index in [1.54, 1.807) is 11.0 Å². The van der Waals surface area contributed by atoms with E-state index in [4.69, 9.17) is 0 Å². The molecule has 108 valence electrons. The number of hydrogen-bond acceptors (Lipinski definition) is 2. The molecule has 22 heavy (non-hydrogen) atoms. The third-order valence-electron chi connectivity index (χ3n) is 4.31. The Balaban J connectivity index is 1.96. The van der Waals surface area contributed by atoms with Crippen LogP contribution in [-0.4, -0.2) is 11.8 Å². The molecule has 0 bridgehead atoms. The molecule has 0 radical (unpaired) electrons. The molecule has 1 atom stereocenters. The molecule has 1 saturated heterocycles. The Morgan fingerprint density at radius 2 is 1.68 bits per heavy atom. The molecule has 2 amide bonds. The standard InChI is InChI=1S/C18H14N2O2/c1-12-11-18(15-10-6-5-9-14(15)16(21)19-18)20(17(12)22)13-7-3-2-4-8-13/h2-10H,1,11H2,(H,19,21)/t18-/m1/s1. The Labute approximate surface area is 128 Å². The van der Waals surface area contributed by atoms with Gasteiger partial charge in [-0.1, -0.05) is 43.0 Å². The van der Waals surface area contributed by atoms with Gasteiger partial charge in [0.1, 0.15) is 0 Å². The first-order chi connectivity index (χ1) is 10.6. The molecule has 1 spiro atoms. The number of nitrogens with zero attached hydrogens (tertiary/aromatic N) is 1. The summed E-state index contributed by atoms with van der Waals surface area (Å²) in [5.74, 6) is -0.303. The second-order valence-corrected chi connectivity index (χ2v) is 5.62. The topological polar surface area (TPSA) is 49.4 Å². The molecule has 2 aliphatic heterocycles. The van der Waals surface area contributed by atoms with E-state index < -0.39 is 5.66 Å². The molecule has 4 rings (SSSR count). The van der Waals surface area contributed by atoms with Crippen LogP contribution in [0.25, 0.3) is 0 Å². The van der Waals surface area contributed by atoms with Gasteiger partial charge in [-0.2, -0.15) is 0 Å². The van der Waals surface area contributed by atoms with Crippen molar-refractivity contribution in [3.8, 4) is 0 Å². The summed E-state index contributed by atoms with van der Waals surface area (Å²) in [6, 6.07) is 16.8. The number of anilines is 1. The number of amides is 2. The third kappa shape index (κ3) is 1.52. The number of carbonyl (C=O) groups excluding carboxylic acids is 2. The van der Waals surface area contributed by atoms with Gasteiger partial charge in [0.25, 0.3) is 11.8 Å². The second kappa shape index (κ2) is 4.31.